The molecule has 8 nitrogen and oxygen atoms in total. The van der Waals surface area contributed by atoms with Gasteiger partial charge in [-0.3, -0.25) is 19.9 Å². The van der Waals surface area contributed by atoms with Crippen LogP contribution in [0, 0.1) is 5.82 Å². The van der Waals surface area contributed by atoms with Gasteiger partial charge in [0, 0.05) is 23.2 Å². The zero-order valence-electron chi connectivity index (χ0n) is 24.5. The Balaban J connectivity index is 1.67. The number of hydrogen-bond donors (Lipinski definition) is 2. The van der Waals surface area contributed by atoms with Crippen LogP contribution in [0.1, 0.15) is 54.2 Å². The second-order valence-electron chi connectivity index (χ2n) is 10.8. The lowest BCUT2D eigenvalue weighted by Gasteiger charge is -2.29. The summed E-state index contributed by atoms with van der Waals surface area (Å²) >= 11 is 5.96. The van der Waals surface area contributed by atoms with Gasteiger partial charge in [0.1, 0.15) is 11.7 Å². The molecule has 3 aromatic rings. The van der Waals surface area contributed by atoms with E-state index in [0.29, 0.717) is 11.3 Å². The fourth-order valence-electron chi connectivity index (χ4n) is 4.32. The topological polar surface area (TPSA) is 98.8 Å². The Bertz CT molecular complexity index is 1530. The van der Waals surface area contributed by atoms with Gasteiger partial charge in [0.2, 0.25) is 0 Å². The number of ether oxygens (including phenoxy) is 3. The molecule has 0 aliphatic heterocycles. The molecule has 2 aromatic carbocycles. The Labute approximate surface area is 257 Å². The maximum Gasteiger partial charge on any atom is 0.398 e. The number of nitrogens with one attached hydrogen (secondary N) is 2. The third-order valence-corrected chi connectivity index (χ3v) is 7.44. The highest BCUT2D eigenvalue weighted by atomic mass is 35.5. The summed E-state index contributed by atoms with van der Waals surface area (Å²) in [5, 5.41) is 5.10. The number of esters is 1. The average Bonchev–Trinajstić information content (AvgIpc) is 3.80. The van der Waals surface area contributed by atoms with Crippen LogP contribution in [0.25, 0.3) is 11.3 Å². The van der Waals surface area contributed by atoms with Crippen molar-refractivity contribution in [3.8, 4) is 22.8 Å². The van der Waals surface area contributed by atoms with E-state index in [1.165, 1.54) is 50.6 Å². The van der Waals surface area contributed by atoms with Gasteiger partial charge in [0.15, 0.2) is 11.5 Å². The van der Waals surface area contributed by atoms with Crippen LogP contribution in [-0.2, 0) is 15.1 Å². The van der Waals surface area contributed by atoms with Crippen molar-refractivity contribution in [3.05, 3.63) is 76.2 Å². The first-order valence-electron chi connectivity index (χ1n) is 13.7. The molecule has 0 spiro atoms. The minimum Gasteiger partial charge on any atom is -0.493 e. The van der Waals surface area contributed by atoms with Crippen molar-refractivity contribution in [1.82, 2.24) is 15.6 Å². The van der Waals surface area contributed by atoms with Gasteiger partial charge in [-0.15, -0.1) is 0 Å². The molecule has 236 valence electrons. The number of amides is 1. The summed E-state index contributed by atoms with van der Waals surface area (Å²) in [6.07, 6.45) is -2.92. The maximum absolute atomic E-state index is 14.6. The molecule has 0 bridgehead atoms. The number of nitrogens with zero attached hydrogens (tertiary/aromatic N) is 1. The van der Waals surface area contributed by atoms with Crippen molar-refractivity contribution in [2.75, 3.05) is 27.3 Å². The highest BCUT2D eigenvalue weighted by Crippen LogP contribution is 2.38. The van der Waals surface area contributed by atoms with E-state index in [2.05, 4.69) is 20.4 Å². The second-order valence-corrected chi connectivity index (χ2v) is 11.2. The number of aromatic nitrogens is 1. The average molecular weight is 638 g/mol. The van der Waals surface area contributed by atoms with Crippen LogP contribution in [-0.4, -0.2) is 56.4 Å². The Hall–Kier alpha value is -3.90. The molecule has 13 heteroatoms. The van der Waals surface area contributed by atoms with Gasteiger partial charge >= 0.3 is 12.1 Å². The van der Waals surface area contributed by atoms with Crippen LogP contribution in [0.5, 0.6) is 11.5 Å². The van der Waals surface area contributed by atoms with E-state index in [-0.39, 0.29) is 40.2 Å². The van der Waals surface area contributed by atoms with Gasteiger partial charge in [-0.1, -0.05) is 11.6 Å². The standard InChI is InChI=1S/C31H32ClF4N3O5/c1-30(2,38-16-28(40)43-4)19-13-24(17-5-9-23(33)22(32)11-17)39-25(14-19)21(31(34,35)36)15-37-29(41)18-6-10-26(27(12-18)42-3)44-20-7-8-20/h5-6,9-14,20-21,38H,7-8,15-16H2,1-4H3,(H,37,41). The van der Waals surface area contributed by atoms with Gasteiger partial charge in [0.25, 0.3) is 5.91 Å². The number of halogens is 5. The summed E-state index contributed by atoms with van der Waals surface area (Å²) in [6.45, 7) is 2.29. The maximum atomic E-state index is 14.6. The number of methoxy groups -OCH3 is 2. The summed E-state index contributed by atoms with van der Waals surface area (Å²) in [4.78, 5) is 29.0. The number of pyridine rings is 1. The minimum atomic E-state index is -4.82. The molecule has 1 aliphatic rings. The normalized spacial score (nSPS) is 14.1. The van der Waals surface area contributed by atoms with Crippen molar-refractivity contribution >= 4 is 23.5 Å². The summed E-state index contributed by atoms with van der Waals surface area (Å²) < 4.78 is 73.3. The number of carbonyl (C=O) groups excluding carboxylic acids is 2. The van der Waals surface area contributed by atoms with Crippen LogP contribution in [0.15, 0.2) is 48.5 Å². The van der Waals surface area contributed by atoms with Crippen LogP contribution < -0.4 is 20.1 Å². The summed E-state index contributed by atoms with van der Waals surface area (Å²) in [6, 6.07) is 10.9. The molecule has 0 saturated heterocycles. The van der Waals surface area contributed by atoms with Crippen LogP contribution in [0.3, 0.4) is 0 Å². The Kier molecular flexibility index (Phi) is 10.0. The third-order valence-electron chi connectivity index (χ3n) is 7.15. The molecule has 1 aliphatic carbocycles. The first-order valence-corrected chi connectivity index (χ1v) is 14.1. The molecule has 1 saturated carbocycles. The fourth-order valence-corrected chi connectivity index (χ4v) is 4.50. The number of rotatable bonds is 12. The summed E-state index contributed by atoms with van der Waals surface area (Å²) in [5.41, 5.74) is -0.645. The molecule has 1 heterocycles. The van der Waals surface area contributed by atoms with Gasteiger partial charge < -0.3 is 19.5 Å². The Morgan fingerprint density at radius 2 is 1.77 bits per heavy atom. The largest absolute Gasteiger partial charge is 0.493 e. The Morgan fingerprint density at radius 3 is 2.39 bits per heavy atom. The summed E-state index contributed by atoms with van der Waals surface area (Å²) in [5.74, 6) is -3.52. The van der Waals surface area contributed by atoms with Crippen LogP contribution >= 0.6 is 11.6 Å². The molecule has 1 atom stereocenters. The predicted molar refractivity (Wildman–Crippen MR) is 155 cm³/mol. The molecule has 44 heavy (non-hydrogen) atoms. The third kappa shape index (κ3) is 8.17. The van der Waals surface area contributed by atoms with Gasteiger partial charge in [0.05, 0.1) is 43.3 Å². The quantitative estimate of drug-likeness (QED) is 0.181. The Morgan fingerprint density at radius 1 is 1.05 bits per heavy atom. The lowest BCUT2D eigenvalue weighted by molar-refractivity contribution is -0.149. The van der Waals surface area contributed by atoms with Crippen LogP contribution in [0.4, 0.5) is 17.6 Å². The minimum absolute atomic E-state index is 0.0795. The SMILES string of the molecule is COC(=O)CNC(C)(C)c1cc(-c2ccc(F)c(Cl)c2)nc(C(CNC(=O)c2ccc(OC3CC3)c(OC)c2)C(F)(F)F)c1. The van der Waals surface area contributed by atoms with E-state index in [0.717, 1.165) is 18.9 Å². The number of hydrogen-bond acceptors (Lipinski definition) is 7. The molecule has 4 rings (SSSR count). The van der Waals surface area contributed by atoms with E-state index in [9.17, 15) is 27.2 Å². The molecular weight excluding hydrogens is 606 g/mol. The monoisotopic (exact) mass is 637 g/mol. The van der Waals surface area contributed by atoms with Crippen LogP contribution in [0.2, 0.25) is 5.02 Å². The van der Waals surface area contributed by atoms with Crippen molar-refractivity contribution in [3.63, 3.8) is 0 Å². The summed E-state index contributed by atoms with van der Waals surface area (Å²) in [7, 11) is 2.62. The van der Waals surface area contributed by atoms with E-state index >= 15 is 0 Å². The first kappa shape index (κ1) is 33.0. The number of carbonyl (C=O) groups is 2. The molecule has 1 amide bonds. The van der Waals surface area contributed by atoms with Gasteiger partial charge in [-0.2, -0.15) is 13.2 Å². The lowest BCUT2D eigenvalue weighted by atomic mass is 9.90. The number of alkyl halides is 3. The van der Waals surface area contributed by atoms with Crippen molar-refractivity contribution in [2.24, 2.45) is 0 Å². The van der Waals surface area contributed by atoms with Crippen molar-refractivity contribution in [2.45, 2.75) is 50.4 Å². The molecule has 1 unspecified atom stereocenters. The van der Waals surface area contributed by atoms with Gasteiger partial charge in [-0.25, -0.2) is 4.39 Å². The van der Waals surface area contributed by atoms with Crippen molar-refractivity contribution < 1.29 is 41.4 Å². The first-order chi connectivity index (χ1) is 20.7. The molecular formula is C31H32ClF4N3O5. The number of benzene rings is 2. The predicted octanol–water partition coefficient (Wildman–Crippen LogP) is 6.16. The van der Waals surface area contributed by atoms with E-state index in [1.807, 2.05) is 0 Å². The van der Waals surface area contributed by atoms with E-state index in [4.69, 9.17) is 21.1 Å². The van der Waals surface area contributed by atoms with E-state index < -0.39 is 47.6 Å². The lowest BCUT2D eigenvalue weighted by Crippen LogP contribution is -2.41. The molecule has 0 radical (unpaired) electrons. The van der Waals surface area contributed by atoms with E-state index in [1.54, 1.807) is 19.9 Å². The molecule has 1 fully saturated rings. The fraction of sp³-hybridized carbons (Fsp3) is 0.387. The highest BCUT2D eigenvalue weighted by molar-refractivity contribution is 6.31. The highest BCUT2D eigenvalue weighted by Gasteiger charge is 2.43. The zero-order chi connectivity index (χ0) is 32.2. The van der Waals surface area contributed by atoms with Crippen molar-refractivity contribution in [1.29, 1.82) is 0 Å². The molecule has 1 aromatic heterocycles. The van der Waals surface area contributed by atoms with Gasteiger partial charge in [-0.05, 0) is 80.8 Å². The molecule has 2 N–H and O–H groups in total. The zero-order valence-corrected chi connectivity index (χ0v) is 25.2. The smallest absolute Gasteiger partial charge is 0.398 e. The second kappa shape index (κ2) is 13.4.